The van der Waals surface area contributed by atoms with Gasteiger partial charge in [0.25, 0.3) is 5.91 Å². The van der Waals surface area contributed by atoms with Crippen molar-refractivity contribution in [2.75, 3.05) is 46.9 Å². The molecule has 0 saturated carbocycles. The number of rotatable bonds is 5. The summed E-state index contributed by atoms with van der Waals surface area (Å²) in [6, 6.07) is 21.7. The Balaban J connectivity index is 1.33. The molecular formula is C31H33N3O4. The number of amides is 2. The molecule has 0 bridgehead atoms. The van der Waals surface area contributed by atoms with Gasteiger partial charge in [0.05, 0.1) is 26.2 Å². The van der Waals surface area contributed by atoms with Crippen molar-refractivity contribution < 1.29 is 19.1 Å². The molecule has 2 atom stereocenters. The fourth-order valence-electron chi connectivity index (χ4n) is 6.28. The zero-order valence-electron chi connectivity index (χ0n) is 21.9. The van der Waals surface area contributed by atoms with Crippen LogP contribution >= 0.6 is 0 Å². The Labute approximate surface area is 223 Å². The summed E-state index contributed by atoms with van der Waals surface area (Å²) >= 11 is 0. The molecule has 0 N–H and O–H groups in total. The van der Waals surface area contributed by atoms with Gasteiger partial charge in [-0.2, -0.15) is 0 Å². The van der Waals surface area contributed by atoms with Crippen LogP contribution in [-0.2, 0) is 17.8 Å². The molecule has 0 aromatic heterocycles. The van der Waals surface area contributed by atoms with Gasteiger partial charge in [-0.3, -0.25) is 14.5 Å². The Morgan fingerprint density at radius 3 is 2.26 bits per heavy atom. The minimum atomic E-state index is -0.471. The molecule has 0 radical (unpaired) electrons. The topological polar surface area (TPSA) is 62.3 Å². The van der Waals surface area contributed by atoms with E-state index in [2.05, 4.69) is 29.2 Å². The second-order valence-electron chi connectivity index (χ2n) is 10.3. The lowest BCUT2D eigenvalue weighted by atomic mass is 9.75. The van der Waals surface area contributed by atoms with E-state index < -0.39 is 5.92 Å². The third kappa shape index (κ3) is 4.21. The van der Waals surface area contributed by atoms with E-state index in [4.69, 9.17) is 9.47 Å². The number of ether oxygens (including phenoxy) is 2. The van der Waals surface area contributed by atoms with Crippen LogP contribution in [0.25, 0.3) is 0 Å². The Bertz CT molecular complexity index is 1350. The Morgan fingerprint density at radius 2 is 1.53 bits per heavy atom. The predicted molar refractivity (Wildman–Crippen MR) is 145 cm³/mol. The number of nitrogens with zero attached hydrogens (tertiary/aromatic N) is 3. The predicted octanol–water partition coefficient (Wildman–Crippen LogP) is 3.89. The lowest BCUT2D eigenvalue weighted by Crippen LogP contribution is -2.54. The van der Waals surface area contributed by atoms with Crippen LogP contribution in [0.4, 0.5) is 0 Å². The van der Waals surface area contributed by atoms with Gasteiger partial charge >= 0.3 is 0 Å². The second kappa shape index (κ2) is 10.1. The molecule has 3 aromatic carbocycles. The van der Waals surface area contributed by atoms with Crippen LogP contribution < -0.4 is 9.47 Å². The van der Waals surface area contributed by atoms with Gasteiger partial charge < -0.3 is 19.3 Å². The second-order valence-corrected chi connectivity index (χ2v) is 10.3. The number of carbonyl (C=O) groups is 2. The quantitative estimate of drug-likeness (QED) is 0.520. The maximum atomic E-state index is 14.3. The van der Waals surface area contributed by atoms with Crippen molar-refractivity contribution in [3.63, 3.8) is 0 Å². The van der Waals surface area contributed by atoms with Crippen molar-refractivity contribution >= 4 is 11.8 Å². The minimum Gasteiger partial charge on any atom is -0.493 e. The van der Waals surface area contributed by atoms with Gasteiger partial charge in [0.2, 0.25) is 5.91 Å². The number of methoxy groups -OCH3 is 2. The van der Waals surface area contributed by atoms with Crippen molar-refractivity contribution in [1.82, 2.24) is 14.7 Å². The highest BCUT2D eigenvalue weighted by Gasteiger charge is 2.48. The number of fused-ring (bicyclic) bond motifs is 4. The van der Waals surface area contributed by atoms with Crippen LogP contribution in [0.15, 0.2) is 66.7 Å². The molecule has 7 heteroatoms. The van der Waals surface area contributed by atoms with Crippen LogP contribution in [0, 0.1) is 0 Å². The molecule has 196 valence electrons. The highest BCUT2D eigenvalue weighted by molar-refractivity contribution is 6.01. The molecule has 0 aliphatic carbocycles. The fraction of sp³-hybridized carbons (Fsp3) is 0.355. The fourth-order valence-corrected chi connectivity index (χ4v) is 6.28. The molecule has 2 amide bonds. The van der Waals surface area contributed by atoms with Crippen LogP contribution in [0.5, 0.6) is 11.5 Å². The molecule has 3 aliphatic rings. The first-order valence-corrected chi connectivity index (χ1v) is 13.3. The lowest BCUT2D eigenvalue weighted by molar-refractivity contribution is -0.136. The molecule has 3 heterocycles. The number of carbonyl (C=O) groups excluding carboxylic acids is 2. The van der Waals surface area contributed by atoms with E-state index in [1.54, 1.807) is 14.2 Å². The summed E-state index contributed by atoms with van der Waals surface area (Å²) in [6.07, 6.45) is 0.708. The van der Waals surface area contributed by atoms with Crippen LogP contribution in [0.2, 0.25) is 0 Å². The van der Waals surface area contributed by atoms with Gasteiger partial charge in [0, 0.05) is 44.8 Å². The van der Waals surface area contributed by atoms with Crippen molar-refractivity contribution in [1.29, 1.82) is 0 Å². The summed E-state index contributed by atoms with van der Waals surface area (Å²) in [5, 5.41) is 0. The first-order valence-electron chi connectivity index (χ1n) is 13.3. The third-order valence-electron chi connectivity index (χ3n) is 8.22. The summed E-state index contributed by atoms with van der Waals surface area (Å²) < 4.78 is 11.2. The Kier molecular flexibility index (Phi) is 6.54. The van der Waals surface area contributed by atoms with E-state index in [0.29, 0.717) is 43.1 Å². The van der Waals surface area contributed by atoms with Crippen LogP contribution in [0.1, 0.15) is 44.6 Å². The van der Waals surface area contributed by atoms with E-state index in [0.717, 1.165) is 36.3 Å². The molecule has 0 unspecified atom stereocenters. The summed E-state index contributed by atoms with van der Waals surface area (Å²) in [5.41, 5.74) is 4.80. The van der Waals surface area contributed by atoms with E-state index in [9.17, 15) is 9.59 Å². The molecule has 1 saturated heterocycles. The standard InChI is InChI=1S/C31H33N3O4/c1-37-26-18-22-12-13-34-29(25(22)19-27(26)38-2)28(23-10-6-7-11-24(23)30(34)35)31(36)33-16-14-32(15-17-33)20-21-8-4-3-5-9-21/h3-11,18-19,28-29H,12-17,20H2,1-2H3/t28-,29-/m1/s1. The zero-order valence-corrected chi connectivity index (χ0v) is 21.9. The van der Waals surface area contributed by atoms with Gasteiger partial charge in [0.1, 0.15) is 0 Å². The summed E-state index contributed by atoms with van der Waals surface area (Å²) in [5.74, 6) is 0.881. The van der Waals surface area contributed by atoms with Crippen molar-refractivity contribution in [2.24, 2.45) is 0 Å². The SMILES string of the molecule is COc1cc2c(cc1OC)[C@@H]1[C@H](C(=O)N3CCN(Cc4ccccc4)CC3)c3ccccc3C(=O)N1CC2. The number of hydrogen-bond acceptors (Lipinski definition) is 5. The van der Waals surface area contributed by atoms with E-state index in [-0.39, 0.29) is 17.9 Å². The highest BCUT2D eigenvalue weighted by Crippen LogP contribution is 2.48. The van der Waals surface area contributed by atoms with Crippen molar-refractivity contribution in [3.8, 4) is 11.5 Å². The average molecular weight is 512 g/mol. The van der Waals surface area contributed by atoms with Crippen molar-refractivity contribution in [2.45, 2.75) is 24.9 Å². The van der Waals surface area contributed by atoms with Crippen molar-refractivity contribution in [3.05, 3.63) is 94.5 Å². The van der Waals surface area contributed by atoms with Gasteiger partial charge in [-0.15, -0.1) is 0 Å². The maximum Gasteiger partial charge on any atom is 0.254 e. The first kappa shape index (κ1) is 24.5. The zero-order chi connectivity index (χ0) is 26.2. The lowest BCUT2D eigenvalue weighted by Gasteiger charge is -2.47. The minimum absolute atomic E-state index is 0.0113. The largest absolute Gasteiger partial charge is 0.493 e. The number of piperazine rings is 1. The highest BCUT2D eigenvalue weighted by atomic mass is 16.5. The third-order valence-corrected chi connectivity index (χ3v) is 8.22. The normalized spacial score (nSPS) is 20.8. The molecule has 3 aromatic rings. The molecule has 38 heavy (non-hydrogen) atoms. The molecule has 1 fully saturated rings. The molecule has 7 nitrogen and oxygen atoms in total. The Hall–Kier alpha value is -3.84. The molecular weight excluding hydrogens is 478 g/mol. The average Bonchev–Trinajstić information content (AvgIpc) is 2.97. The van der Waals surface area contributed by atoms with Gasteiger partial charge in [-0.05, 0) is 46.9 Å². The van der Waals surface area contributed by atoms with E-state index >= 15 is 0 Å². The number of hydrogen-bond donors (Lipinski definition) is 0. The van der Waals surface area contributed by atoms with Gasteiger partial charge in [-0.25, -0.2) is 0 Å². The molecule has 3 aliphatic heterocycles. The van der Waals surface area contributed by atoms with E-state index in [1.807, 2.05) is 52.3 Å². The molecule has 6 rings (SSSR count). The van der Waals surface area contributed by atoms with E-state index in [1.165, 1.54) is 5.56 Å². The Morgan fingerprint density at radius 1 is 0.842 bits per heavy atom. The summed E-state index contributed by atoms with van der Waals surface area (Å²) in [6.45, 7) is 4.44. The molecule has 0 spiro atoms. The van der Waals surface area contributed by atoms with Crippen LogP contribution in [-0.4, -0.2) is 73.5 Å². The van der Waals surface area contributed by atoms with Gasteiger partial charge in [0.15, 0.2) is 11.5 Å². The van der Waals surface area contributed by atoms with Gasteiger partial charge in [-0.1, -0.05) is 48.5 Å². The van der Waals surface area contributed by atoms with Crippen LogP contribution in [0.3, 0.4) is 0 Å². The number of benzene rings is 3. The maximum absolute atomic E-state index is 14.3. The summed E-state index contributed by atoms with van der Waals surface area (Å²) in [4.78, 5) is 34.3. The first-order chi connectivity index (χ1) is 18.6. The monoisotopic (exact) mass is 511 g/mol. The summed E-state index contributed by atoms with van der Waals surface area (Å²) in [7, 11) is 3.24. The smallest absolute Gasteiger partial charge is 0.254 e.